The van der Waals surface area contributed by atoms with Gasteiger partial charge in [-0.25, -0.2) is 9.78 Å². The molecule has 0 amide bonds. The Kier molecular flexibility index (Phi) is 4.19. The van der Waals surface area contributed by atoms with Crippen molar-refractivity contribution >= 4 is 5.97 Å². The van der Waals surface area contributed by atoms with E-state index in [4.69, 9.17) is 4.74 Å². The van der Waals surface area contributed by atoms with Gasteiger partial charge in [0, 0.05) is 12.8 Å². The molecule has 0 aromatic carbocycles. The zero-order valence-electron chi connectivity index (χ0n) is 9.44. The monoisotopic (exact) mass is 226 g/mol. The van der Waals surface area contributed by atoms with Gasteiger partial charge in [-0.05, 0) is 13.8 Å². The number of nitrogens with zero attached hydrogens (tertiary/aromatic N) is 1. The number of nitrogens with one attached hydrogen (secondary N) is 1. The minimum Gasteiger partial charge on any atom is -0.465 e. The van der Waals surface area contributed by atoms with Crippen molar-refractivity contribution in [1.29, 1.82) is 0 Å². The first kappa shape index (κ1) is 12.4. The first-order chi connectivity index (χ1) is 7.60. The molecular weight excluding hydrogens is 212 g/mol. The summed E-state index contributed by atoms with van der Waals surface area (Å²) in [6.45, 7) is 4.13. The van der Waals surface area contributed by atoms with Crippen LogP contribution in [0.3, 0.4) is 0 Å². The Morgan fingerprint density at radius 3 is 2.81 bits per heavy atom. The number of rotatable bonds is 4. The predicted octanol–water partition coefficient (Wildman–Crippen LogP) is 0.654. The largest absolute Gasteiger partial charge is 0.465 e. The van der Waals surface area contributed by atoms with E-state index in [1.165, 1.54) is 13.3 Å². The summed E-state index contributed by atoms with van der Waals surface area (Å²) >= 11 is 0. The summed E-state index contributed by atoms with van der Waals surface area (Å²) in [6.07, 6.45) is 0.875. The van der Waals surface area contributed by atoms with E-state index < -0.39 is 11.5 Å². The van der Waals surface area contributed by atoms with E-state index in [-0.39, 0.29) is 11.7 Å². The summed E-state index contributed by atoms with van der Waals surface area (Å²) in [5.74, 6) is -0.316. The molecule has 0 spiro atoms. The fraction of sp³-hybridized carbons (Fsp3) is 0.500. The molecule has 1 rings (SSSR count). The van der Waals surface area contributed by atoms with Crippen LogP contribution in [0.5, 0.6) is 0 Å². The number of hydrogen-bond donors (Lipinski definition) is 1. The molecule has 0 saturated carbocycles. The van der Waals surface area contributed by atoms with Gasteiger partial charge in [-0.3, -0.25) is 4.79 Å². The first-order valence-electron chi connectivity index (χ1n) is 4.89. The maximum Gasteiger partial charge on any atom is 0.345 e. The normalized spacial score (nSPS) is 12.2. The topological polar surface area (TPSA) is 81.3 Å². The van der Waals surface area contributed by atoms with Gasteiger partial charge < -0.3 is 14.5 Å². The number of aromatic nitrogens is 2. The molecule has 1 N–H and O–H groups in total. The molecule has 1 unspecified atom stereocenters. The van der Waals surface area contributed by atoms with E-state index in [0.29, 0.717) is 12.4 Å². The summed E-state index contributed by atoms with van der Waals surface area (Å²) in [7, 11) is 1.21. The van der Waals surface area contributed by atoms with E-state index in [1.807, 2.05) is 6.92 Å². The van der Waals surface area contributed by atoms with Crippen molar-refractivity contribution in [3.05, 3.63) is 27.9 Å². The van der Waals surface area contributed by atoms with Crippen molar-refractivity contribution < 1.29 is 14.3 Å². The standard InChI is InChI=1S/C10H14N2O4/c1-4-16-6(2)8-11-5-7(9(13)12-8)10(14)15-3/h5-6H,4H2,1-3H3,(H,11,12,13). The third-order valence-corrected chi connectivity index (χ3v) is 2.03. The van der Waals surface area contributed by atoms with Gasteiger partial charge in [-0.1, -0.05) is 0 Å². The Hall–Kier alpha value is -1.69. The van der Waals surface area contributed by atoms with E-state index >= 15 is 0 Å². The second kappa shape index (κ2) is 5.41. The quantitative estimate of drug-likeness (QED) is 0.762. The first-order valence-corrected chi connectivity index (χ1v) is 4.89. The lowest BCUT2D eigenvalue weighted by Gasteiger charge is -2.10. The lowest BCUT2D eigenvalue weighted by molar-refractivity contribution is 0.0592. The number of esters is 1. The molecule has 0 aliphatic carbocycles. The molecule has 0 aliphatic rings. The smallest absolute Gasteiger partial charge is 0.345 e. The van der Waals surface area contributed by atoms with Gasteiger partial charge in [0.1, 0.15) is 17.5 Å². The van der Waals surface area contributed by atoms with Crippen LogP contribution in [0.25, 0.3) is 0 Å². The van der Waals surface area contributed by atoms with Crippen LogP contribution in [-0.4, -0.2) is 29.7 Å². The second-order valence-corrected chi connectivity index (χ2v) is 3.10. The van der Waals surface area contributed by atoms with E-state index in [9.17, 15) is 9.59 Å². The molecule has 0 radical (unpaired) electrons. The van der Waals surface area contributed by atoms with Gasteiger partial charge in [-0.2, -0.15) is 0 Å². The molecule has 1 aromatic heterocycles. The molecule has 0 saturated heterocycles. The van der Waals surface area contributed by atoms with E-state index in [1.54, 1.807) is 6.92 Å². The van der Waals surface area contributed by atoms with Crippen molar-refractivity contribution in [1.82, 2.24) is 9.97 Å². The van der Waals surface area contributed by atoms with Crippen LogP contribution < -0.4 is 5.56 Å². The molecular formula is C10H14N2O4. The molecule has 0 aliphatic heterocycles. The lowest BCUT2D eigenvalue weighted by Crippen LogP contribution is -2.22. The third kappa shape index (κ3) is 2.66. The maximum atomic E-state index is 11.5. The van der Waals surface area contributed by atoms with Crippen molar-refractivity contribution in [2.75, 3.05) is 13.7 Å². The Labute approximate surface area is 92.6 Å². The van der Waals surface area contributed by atoms with Crippen LogP contribution in [-0.2, 0) is 9.47 Å². The Morgan fingerprint density at radius 1 is 1.62 bits per heavy atom. The molecule has 1 aromatic rings. The molecule has 1 heterocycles. The van der Waals surface area contributed by atoms with Crippen molar-refractivity contribution in [2.24, 2.45) is 0 Å². The minimum absolute atomic E-state index is 0.116. The van der Waals surface area contributed by atoms with Gasteiger partial charge in [-0.15, -0.1) is 0 Å². The predicted molar refractivity (Wildman–Crippen MR) is 56.2 cm³/mol. The van der Waals surface area contributed by atoms with Crippen LogP contribution in [0.15, 0.2) is 11.0 Å². The molecule has 88 valence electrons. The SMILES string of the molecule is CCOC(C)c1ncc(C(=O)OC)c(=O)[nH]1. The van der Waals surface area contributed by atoms with Crippen molar-refractivity contribution in [2.45, 2.75) is 20.0 Å². The molecule has 6 heteroatoms. The molecule has 6 nitrogen and oxygen atoms in total. The average Bonchev–Trinajstić information content (AvgIpc) is 2.28. The molecule has 0 fully saturated rings. The highest BCUT2D eigenvalue weighted by Crippen LogP contribution is 2.09. The van der Waals surface area contributed by atoms with E-state index in [2.05, 4.69) is 14.7 Å². The summed E-state index contributed by atoms with van der Waals surface area (Å²) in [6, 6.07) is 0. The Balaban J connectivity index is 3.00. The zero-order chi connectivity index (χ0) is 12.1. The number of carbonyl (C=O) groups excluding carboxylic acids is 1. The fourth-order valence-electron chi connectivity index (χ4n) is 1.20. The van der Waals surface area contributed by atoms with Gasteiger partial charge >= 0.3 is 5.97 Å². The maximum absolute atomic E-state index is 11.5. The molecule has 1 atom stereocenters. The van der Waals surface area contributed by atoms with E-state index in [0.717, 1.165) is 0 Å². The van der Waals surface area contributed by atoms with Crippen molar-refractivity contribution in [3.8, 4) is 0 Å². The zero-order valence-corrected chi connectivity index (χ0v) is 9.44. The van der Waals surface area contributed by atoms with Gasteiger partial charge in [0.05, 0.1) is 7.11 Å². The number of methoxy groups -OCH3 is 1. The highest BCUT2D eigenvalue weighted by molar-refractivity contribution is 5.88. The van der Waals surface area contributed by atoms with Crippen LogP contribution in [0.1, 0.15) is 36.1 Å². The summed E-state index contributed by atoms with van der Waals surface area (Å²) < 4.78 is 9.70. The number of hydrogen-bond acceptors (Lipinski definition) is 5. The van der Waals surface area contributed by atoms with Crippen LogP contribution in [0.2, 0.25) is 0 Å². The summed E-state index contributed by atoms with van der Waals surface area (Å²) in [5, 5.41) is 0. The Bertz CT molecular complexity index is 427. The Morgan fingerprint density at radius 2 is 2.31 bits per heavy atom. The van der Waals surface area contributed by atoms with Gasteiger partial charge in [0.25, 0.3) is 5.56 Å². The molecule has 16 heavy (non-hydrogen) atoms. The number of carbonyl (C=O) groups is 1. The minimum atomic E-state index is -0.704. The van der Waals surface area contributed by atoms with Crippen molar-refractivity contribution in [3.63, 3.8) is 0 Å². The number of H-pyrrole nitrogens is 1. The number of ether oxygens (including phenoxy) is 2. The summed E-state index contributed by atoms with van der Waals surface area (Å²) in [5.41, 5.74) is -0.640. The highest BCUT2D eigenvalue weighted by Gasteiger charge is 2.14. The summed E-state index contributed by atoms with van der Waals surface area (Å²) in [4.78, 5) is 29.1. The van der Waals surface area contributed by atoms with Gasteiger partial charge in [0.15, 0.2) is 0 Å². The van der Waals surface area contributed by atoms with Crippen LogP contribution in [0.4, 0.5) is 0 Å². The fourth-order valence-corrected chi connectivity index (χ4v) is 1.20. The van der Waals surface area contributed by atoms with Crippen LogP contribution >= 0.6 is 0 Å². The second-order valence-electron chi connectivity index (χ2n) is 3.10. The van der Waals surface area contributed by atoms with Gasteiger partial charge in [0.2, 0.25) is 0 Å². The average molecular weight is 226 g/mol. The number of aromatic amines is 1. The molecule has 0 bridgehead atoms. The lowest BCUT2D eigenvalue weighted by atomic mass is 10.3. The highest BCUT2D eigenvalue weighted by atomic mass is 16.5. The third-order valence-electron chi connectivity index (χ3n) is 2.03. The van der Waals surface area contributed by atoms with Crippen LogP contribution in [0, 0.1) is 0 Å².